The molecule has 1 saturated carbocycles. The highest BCUT2D eigenvalue weighted by Crippen LogP contribution is 2.36. The molecule has 2 aliphatic heterocycles. The van der Waals surface area contributed by atoms with E-state index in [4.69, 9.17) is 14.3 Å². The van der Waals surface area contributed by atoms with Crippen molar-refractivity contribution in [1.29, 1.82) is 0 Å². The lowest BCUT2D eigenvalue weighted by atomic mass is 9.93. The van der Waals surface area contributed by atoms with E-state index >= 15 is 0 Å². The Kier molecular flexibility index (Phi) is 9.76. The van der Waals surface area contributed by atoms with Crippen LogP contribution in [0.25, 0.3) is 11.0 Å². The number of H-pyrrole nitrogens is 1. The zero-order valence-electron chi connectivity index (χ0n) is 25.8. The van der Waals surface area contributed by atoms with Gasteiger partial charge < -0.3 is 24.7 Å². The first-order valence-corrected chi connectivity index (χ1v) is 18.9. The number of carbonyl (C=O) groups is 1. The number of carboxylic acid groups (broad SMARTS) is 1. The van der Waals surface area contributed by atoms with Crippen molar-refractivity contribution in [3.63, 3.8) is 0 Å². The molecule has 3 aliphatic rings. The van der Waals surface area contributed by atoms with E-state index in [1.54, 1.807) is 0 Å². The monoisotopic (exact) mass is 693 g/mol. The van der Waals surface area contributed by atoms with Gasteiger partial charge in [0.1, 0.15) is 0 Å². The Morgan fingerprint density at radius 3 is 2.55 bits per heavy atom. The molecule has 1 aromatic heterocycles. The number of hydrogen-bond acceptors (Lipinski definition) is 10. The van der Waals surface area contributed by atoms with Gasteiger partial charge >= 0.3 is 6.09 Å². The van der Waals surface area contributed by atoms with Crippen LogP contribution in [0, 0.1) is 5.92 Å². The molecule has 0 unspecified atom stereocenters. The minimum atomic E-state index is -4.43. The van der Waals surface area contributed by atoms with Gasteiger partial charge in [0, 0.05) is 5.92 Å². The Labute approximate surface area is 272 Å². The van der Waals surface area contributed by atoms with Crippen LogP contribution in [0.5, 0.6) is 0 Å². The molecule has 2 aromatic carbocycles. The van der Waals surface area contributed by atoms with Crippen molar-refractivity contribution < 1.29 is 46.2 Å². The fourth-order valence-corrected chi connectivity index (χ4v) is 8.43. The molecular formula is C30H39N5O10S2. The standard InChI is InChI=1S/C30H39N5O10S2/c1-46(39,40)33-29-31-23-12-11-21(16-24(23)32-29)47(41,42)34(45-20-9-5-6-10-20)17-27(36)25(15-19-7-3-2-4-8-19)35(30(37)38)26-18-44-28-22(26)13-14-43-28/h2-4,7-8,11-12,16,20,22,25-28,36H,5-6,9-10,13-15,17-18H2,1H3,(H,37,38)(H2,31,32,33)/t22-,25-,26-,27-,28+/m0/s1. The van der Waals surface area contributed by atoms with Crippen molar-refractivity contribution in [2.75, 3.05) is 30.7 Å². The topological polar surface area (TPSA) is 201 Å². The minimum absolute atomic E-state index is 0.0742. The summed E-state index contributed by atoms with van der Waals surface area (Å²) in [6.07, 6.45) is 0.901. The van der Waals surface area contributed by atoms with Crippen LogP contribution >= 0.6 is 0 Å². The predicted octanol–water partition coefficient (Wildman–Crippen LogP) is 2.51. The van der Waals surface area contributed by atoms with Crippen LogP contribution in [0.1, 0.15) is 37.7 Å². The van der Waals surface area contributed by atoms with E-state index in [2.05, 4.69) is 14.7 Å². The van der Waals surface area contributed by atoms with Crippen molar-refractivity contribution in [2.24, 2.45) is 5.92 Å². The lowest BCUT2D eigenvalue weighted by Gasteiger charge is -2.39. The number of aliphatic hydroxyl groups is 1. The molecule has 0 bridgehead atoms. The van der Waals surface area contributed by atoms with E-state index in [0.717, 1.165) is 29.1 Å². The lowest BCUT2D eigenvalue weighted by Crippen LogP contribution is -2.57. The SMILES string of the molecule is CS(=O)(=O)Nc1nc2ccc(S(=O)(=O)N(C[C@H](O)[C@H](Cc3ccccc3)N(C(=O)O)[C@H]3CO[C@H]4OCC[C@H]43)OC3CCCC3)cc2[nH]1. The number of anilines is 1. The summed E-state index contributed by atoms with van der Waals surface area (Å²) in [6.45, 7) is -0.0419. The summed E-state index contributed by atoms with van der Waals surface area (Å²) in [6, 6.07) is 11.5. The van der Waals surface area contributed by atoms with Crippen molar-refractivity contribution in [3.05, 3.63) is 54.1 Å². The molecule has 15 nitrogen and oxygen atoms in total. The second-order valence-corrected chi connectivity index (χ2v) is 15.8. The summed E-state index contributed by atoms with van der Waals surface area (Å²) in [7, 11) is -8.07. The number of hydrogen-bond donors (Lipinski definition) is 4. The van der Waals surface area contributed by atoms with Gasteiger partial charge in [-0.15, -0.1) is 0 Å². The van der Waals surface area contributed by atoms with Gasteiger partial charge in [-0.2, -0.15) is 0 Å². The summed E-state index contributed by atoms with van der Waals surface area (Å²) in [4.78, 5) is 26.9. The molecule has 4 N–H and O–H groups in total. The number of benzene rings is 2. The van der Waals surface area contributed by atoms with Gasteiger partial charge in [-0.25, -0.2) is 26.6 Å². The normalized spacial score (nSPS) is 23.3. The summed E-state index contributed by atoms with van der Waals surface area (Å²) in [5.74, 6) is -0.302. The fourth-order valence-electron chi connectivity index (χ4n) is 6.66. The highest BCUT2D eigenvalue weighted by atomic mass is 32.2. The molecular weight excluding hydrogens is 654 g/mol. The number of aliphatic hydroxyl groups excluding tert-OH is 1. The van der Waals surface area contributed by atoms with E-state index in [9.17, 15) is 31.8 Å². The van der Waals surface area contributed by atoms with Gasteiger partial charge in [0.05, 0.1) is 66.2 Å². The molecule has 2 saturated heterocycles. The molecule has 0 radical (unpaired) electrons. The molecule has 0 spiro atoms. The molecule has 47 heavy (non-hydrogen) atoms. The Bertz CT molecular complexity index is 1780. The van der Waals surface area contributed by atoms with Crippen molar-refractivity contribution in [2.45, 2.75) is 74.0 Å². The van der Waals surface area contributed by atoms with E-state index < -0.39 is 63.3 Å². The van der Waals surface area contributed by atoms with Crippen LogP contribution in [-0.2, 0) is 40.8 Å². The average molecular weight is 694 g/mol. The van der Waals surface area contributed by atoms with Gasteiger partial charge in [0.15, 0.2) is 6.29 Å². The average Bonchev–Trinajstić information content (AvgIpc) is 3.82. The number of ether oxygens (including phenoxy) is 2. The smallest absolute Gasteiger partial charge is 0.407 e. The number of rotatable bonds is 13. The van der Waals surface area contributed by atoms with Crippen LogP contribution in [0.4, 0.5) is 10.7 Å². The lowest BCUT2D eigenvalue weighted by molar-refractivity contribution is -0.149. The summed E-state index contributed by atoms with van der Waals surface area (Å²) in [5, 5.41) is 22.4. The third-order valence-electron chi connectivity index (χ3n) is 8.88. The number of fused-ring (bicyclic) bond motifs is 2. The zero-order valence-corrected chi connectivity index (χ0v) is 27.4. The summed E-state index contributed by atoms with van der Waals surface area (Å²) in [5.41, 5.74) is 1.34. The van der Waals surface area contributed by atoms with Crippen LogP contribution < -0.4 is 4.72 Å². The van der Waals surface area contributed by atoms with Gasteiger partial charge in [0.25, 0.3) is 10.0 Å². The first-order valence-electron chi connectivity index (χ1n) is 15.5. The zero-order chi connectivity index (χ0) is 33.3. The molecule has 5 atom stereocenters. The number of sulfonamides is 2. The quantitative estimate of drug-likeness (QED) is 0.192. The Balaban J connectivity index is 1.33. The van der Waals surface area contributed by atoms with E-state index in [0.29, 0.717) is 31.4 Å². The molecule has 1 aliphatic carbocycles. The maximum atomic E-state index is 14.2. The summed E-state index contributed by atoms with van der Waals surface area (Å²) < 4.78 is 66.2. The van der Waals surface area contributed by atoms with Gasteiger partial charge in [-0.1, -0.05) is 47.6 Å². The van der Waals surface area contributed by atoms with Crippen molar-refractivity contribution >= 4 is 43.1 Å². The molecule has 17 heteroatoms. The van der Waals surface area contributed by atoms with Crippen molar-refractivity contribution in [1.82, 2.24) is 19.3 Å². The first-order chi connectivity index (χ1) is 22.4. The van der Waals surface area contributed by atoms with E-state index in [-0.39, 0.29) is 35.3 Å². The predicted molar refractivity (Wildman–Crippen MR) is 169 cm³/mol. The number of nitrogens with zero attached hydrogens (tertiary/aromatic N) is 3. The number of aromatic amines is 1. The Morgan fingerprint density at radius 1 is 1.11 bits per heavy atom. The summed E-state index contributed by atoms with van der Waals surface area (Å²) >= 11 is 0. The first kappa shape index (κ1) is 33.6. The number of nitrogens with one attached hydrogen (secondary N) is 2. The third kappa shape index (κ3) is 7.56. The van der Waals surface area contributed by atoms with Crippen LogP contribution in [0.2, 0.25) is 0 Å². The Morgan fingerprint density at radius 2 is 1.85 bits per heavy atom. The van der Waals surface area contributed by atoms with Gasteiger partial charge in [0.2, 0.25) is 16.0 Å². The fraction of sp³-hybridized carbons (Fsp3) is 0.533. The van der Waals surface area contributed by atoms with Gasteiger partial charge in [-0.05, 0) is 49.4 Å². The number of hydroxylamine groups is 1. The third-order valence-corrected chi connectivity index (χ3v) is 11.1. The number of amides is 1. The van der Waals surface area contributed by atoms with Gasteiger partial charge in [-0.3, -0.25) is 14.5 Å². The van der Waals surface area contributed by atoms with Crippen LogP contribution in [0.15, 0.2) is 53.4 Å². The molecule has 6 rings (SSSR count). The van der Waals surface area contributed by atoms with Crippen LogP contribution in [0.3, 0.4) is 0 Å². The molecule has 256 valence electrons. The molecule has 3 heterocycles. The van der Waals surface area contributed by atoms with Crippen LogP contribution in [-0.4, -0.2) is 109 Å². The molecule has 1 amide bonds. The second-order valence-electron chi connectivity index (χ2n) is 12.2. The Hall–Kier alpha value is -3.32. The molecule has 3 aromatic rings. The van der Waals surface area contributed by atoms with E-state index in [1.165, 1.54) is 23.1 Å². The highest BCUT2D eigenvalue weighted by molar-refractivity contribution is 7.92. The second kappa shape index (κ2) is 13.7. The largest absolute Gasteiger partial charge is 0.465 e. The number of aromatic nitrogens is 2. The van der Waals surface area contributed by atoms with Crippen molar-refractivity contribution in [3.8, 4) is 0 Å². The maximum absolute atomic E-state index is 14.2. The highest BCUT2D eigenvalue weighted by Gasteiger charge is 2.49. The van der Waals surface area contributed by atoms with E-state index in [1.807, 2.05) is 30.3 Å². The maximum Gasteiger partial charge on any atom is 0.407 e. The minimum Gasteiger partial charge on any atom is -0.465 e. The molecule has 3 fully saturated rings. The number of imidazole rings is 1.